The molecular weight excluding hydrogens is 476 g/mol. The Hall–Kier alpha value is -3.22. The van der Waals surface area contributed by atoms with Crippen molar-refractivity contribution in [1.82, 2.24) is 19.7 Å². The molecule has 0 saturated carbocycles. The average Bonchev–Trinajstić information content (AvgIpc) is 3.13. The molecule has 0 spiro atoms. The van der Waals surface area contributed by atoms with E-state index >= 15 is 0 Å². The summed E-state index contributed by atoms with van der Waals surface area (Å²) in [5.74, 6) is 0.260. The van der Waals surface area contributed by atoms with Gasteiger partial charge in [0.2, 0.25) is 21.8 Å². The van der Waals surface area contributed by atoms with Crippen molar-refractivity contribution in [3.63, 3.8) is 0 Å². The lowest BCUT2D eigenvalue weighted by molar-refractivity contribution is -0.143. The maximum absolute atomic E-state index is 13.5. The fraction of sp³-hybridized carbons (Fsp3) is 0.435. The first-order valence-electron chi connectivity index (χ1n) is 11.3. The van der Waals surface area contributed by atoms with Crippen LogP contribution < -0.4 is 15.0 Å². The molecule has 1 aromatic carbocycles. The third kappa shape index (κ3) is 4.95. The second-order valence-electron chi connectivity index (χ2n) is 8.79. The molecule has 188 valence electrons. The number of rotatable bonds is 7. The Morgan fingerprint density at radius 3 is 2.37 bits per heavy atom. The molecule has 1 aromatic heterocycles. The number of nitrogens with one attached hydrogen (secondary N) is 1. The minimum Gasteiger partial charge on any atom is -0.491 e. The zero-order chi connectivity index (χ0) is 25.3. The molecule has 2 aliphatic rings. The first kappa shape index (κ1) is 24.9. The number of fused-ring (bicyclic) bond motifs is 2. The molecule has 2 bridgehead atoms. The largest absolute Gasteiger partial charge is 0.491 e. The predicted molar refractivity (Wildman–Crippen MR) is 123 cm³/mol. The summed E-state index contributed by atoms with van der Waals surface area (Å²) in [4.78, 5) is 30.2. The SMILES string of the molecule is CC(=O)N1[C@@H]2CC[C@H]1[C@H](C(=O)NO)N(S(=O)(=O)c1ccc(Oc3ccc(OC(C)C)cc3)nc1)C2. The van der Waals surface area contributed by atoms with Gasteiger partial charge in [0, 0.05) is 25.6 Å². The number of ether oxygens (including phenoxy) is 2. The molecule has 0 unspecified atom stereocenters. The second-order valence-corrected chi connectivity index (χ2v) is 10.7. The molecule has 0 aliphatic carbocycles. The Balaban J connectivity index is 1.54. The van der Waals surface area contributed by atoms with Crippen LogP contribution in [0.5, 0.6) is 17.4 Å². The zero-order valence-corrected chi connectivity index (χ0v) is 20.4. The van der Waals surface area contributed by atoms with Crippen LogP contribution in [0, 0.1) is 0 Å². The van der Waals surface area contributed by atoms with Crippen LogP contribution in [0.15, 0.2) is 47.5 Å². The topological polar surface area (TPSA) is 138 Å². The molecule has 3 heterocycles. The Bertz CT molecular complexity index is 1190. The number of benzene rings is 1. The lowest BCUT2D eigenvalue weighted by Gasteiger charge is -2.44. The van der Waals surface area contributed by atoms with Gasteiger partial charge in [-0.25, -0.2) is 18.9 Å². The van der Waals surface area contributed by atoms with Crippen molar-refractivity contribution in [2.24, 2.45) is 0 Å². The smallest absolute Gasteiger partial charge is 0.263 e. The highest BCUT2D eigenvalue weighted by molar-refractivity contribution is 7.89. The predicted octanol–water partition coefficient (Wildman–Crippen LogP) is 1.92. The van der Waals surface area contributed by atoms with Gasteiger partial charge in [0.05, 0.1) is 18.3 Å². The summed E-state index contributed by atoms with van der Waals surface area (Å²) in [6.07, 6.45) is 2.23. The van der Waals surface area contributed by atoms with E-state index in [9.17, 15) is 23.2 Å². The van der Waals surface area contributed by atoms with Crippen LogP contribution >= 0.6 is 0 Å². The number of pyridine rings is 1. The first-order valence-corrected chi connectivity index (χ1v) is 12.7. The van der Waals surface area contributed by atoms with Gasteiger partial charge in [-0.1, -0.05) is 0 Å². The number of amides is 2. The van der Waals surface area contributed by atoms with Crippen LogP contribution in [0.1, 0.15) is 33.6 Å². The molecule has 4 rings (SSSR count). The van der Waals surface area contributed by atoms with E-state index in [2.05, 4.69) is 4.98 Å². The van der Waals surface area contributed by atoms with Gasteiger partial charge < -0.3 is 14.4 Å². The van der Waals surface area contributed by atoms with E-state index in [-0.39, 0.29) is 35.4 Å². The number of hydrogen-bond acceptors (Lipinski definition) is 8. The highest BCUT2D eigenvalue weighted by Gasteiger charge is 2.54. The van der Waals surface area contributed by atoms with Gasteiger partial charge in [0.15, 0.2) is 0 Å². The number of nitrogens with zero attached hydrogens (tertiary/aromatic N) is 3. The summed E-state index contributed by atoms with van der Waals surface area (Å²) >= 11 is 0. The normalized spacial score (nSPS) is 22.2. The van der Waals surface area contributed by atoms with Crippen LogP contribution in [-0.2, 0) is 19.6 Å². The van der Waals surface area contributed by atoms with Crippen molar-refractivity contribution < 1.29 is 32.7 Å². The van der Waals surface area contributed by atoms with E-state index in [4.69, 9.17) is 9.47 Å². The van der Waals surface area contributed by atoms with Crippen LogP contribution in [-0.4, -0.2) is 70.4 Å². The molecule has 2 saturated heterocycles. The number of piperazine rings is 1. The lowest BCUT2D eigenvalue weighted by Crippen LogP contribution is -2.66. The Morgan fingerprint density at radius 1 is 1.11 bits per heavy atom. The monoisotopic (exact) mass is 504 g/mol. The van der Waals surface area contributed by atoms with Crippen molar-refractivity contribution in [3.05, 3.63) is 42.6 Å². The molecule has 0 radical (unpaired) electrons. The summed E-state index contributed by atoms with van der Waals surface area (Å²) in [7, 11) is -4.16. The highest BCUT2D eigenvalue weighted by Crippen LogP contribution is 2.37. The molecule has 35 heavy (non-hydrogen) atoms. The molecule has 3 atom stereocenters. The third-order valence-electron chi connectivity index (χ3n) is 6.09. The van der Waals surface area contributed by atoms with E-state index in [0.29, 0.717) is 24.3 Å². The summed E-state index contributed by atoms with van der Waals surface area (Å²) in [6, 6.07) is 7.47. The molecular formula is C23H28N4O7S. The maximum Gasteiger partial charge on any atom is 0.263 e. The zero-order valence-electron chi connectivity index (χ0n) is 19.6. The van der Waals surface area contributed by atoms with E-state index in [1.54, 1.807) is 34.6 Å². The van der Waals surface area contributed by atoms with E-state index < -0.39 is 28.0 Å². The van der Waals surface area contributed by atoms with E-state index in [1.165, 1.54) is 19.1 Å². The Morgan fingerprint density at radius 2 is 1.80 bits per heavy atom. The van der Waals surface area contributed by atoms with Gasteiger partial charge in [0.25, 0.3) is 5.91 Å². The number of carbonyl (C=O) groups is 2. The van der Waals surface area contributed by atoms with Crippen molar-refractivity contribution in [2.45, 2.75) is 62.7 Å². The molecule has 2 amide bonds. The summed E-state index contributed by atoms with van der Waals surface area (Å²) in [5.41, 5.74) is 1.55. The average molecular weight is 505 g/mol. The summed E-state index contributed by atoms with van der Waals surface area (Å²) in [6.45, 7) is 5.18. The molecule has 2 aliphatic heterocycles. The molecule has 2 N–H and O–H groups in total. The van der Waals surface area contributed by atoms with Crippen LogP contribution in [0.2, 0.25) is 0 Å². The van der Waals surface area contributed by atoms with E-state index in [0.717, 1.165) is 10.5 Å². The molecule has 11 nitrogen and oxygen atoms in total. The van der Waals surface area contributed by atoms with Crippen LogP contribution in [0.4, 0.5) is 0 Å². The van der Waals surface area contributed by atoms with Crippen molar-refractivity contribution >= 4 is 21.8 Å². The van der Waals surface area contributed by atoms with Gasteiger partial charge in [-0.15, -0.1) is 0 Å². The minimum atomic E-state index is -4.16. The van der Waals surface area contributed by atoms with Gasteiger partial charge in [0.1, 0.15) is 22.4 Å². The number of hydroxylamine groups is 1. The second kappa shape index (κ2) is 9.80. The summed E-state index contributed by atoms with van der Waals surface area (Å²) < 4.78 is 39.3. The number of sulfonamides is 1. The fourth-order valence-electron chi connectivity index (χ4n) is 4.72. The summed E-state index contributed by atoms with van der Waals surface area (Å²) in [5, 5.41) is 9.27. The van der Waals surface area contributed by atoms with Crippen molar-refractivity contribution in [3.8, 4) is 17.4 Å². The van der Waals surface area contributed by atoms with Crippen molar-refractivity contribution in [2.75, 3.05) is 6.54 Å². The quantitative estimate of drug-likeness (QED) is 0.431. The van der Waals surface area contributed by atoms with E-state index in [1.807, 2.05) is 13.8 Å². The Labute approximate surface area is 203 Å². The first-order chi connectivity index (χ1) is 16.6. The number of aromatic nitrogens is 1. The number of hydrogen-bond donors (Lipinski definition) is 2. The molecule has 12 heteroatoms. The van der Waals surface area contributed by atoms with Gasteiger partial charge >= 0.3 is 0 Å². The highest BCUT2D eigenvalue weighted by atomic mass is 32.2. The molecule has 2 aromatic rings. The fourth-order valence-corrected chi connectivity index (χ4v) is 6.32. The maximum atomic E-state index is 13.5. The minimum absolute atomic E-state index is 0.0432. The molecule has 2 fully saturated rings. The van der Waals surface area contributed by atoms with Gasteiger partial charge in [-0.05, 0) is 57.0 Å². The van der Waals surface area contributed by atoms with Crippen LogP contribution in [0.25, 0.3) is 0 Å². The standard InChI is InChI=1S/C23H28N4O7S/c1-14(2)33-17-5-7-18(8-6-17)34-21-11-9-19(12-24-21)35(31,32)26-13-16-4-10-20(27(16)15(3)28)22(26)23(29)25-30/h5-9,11-12,14,16,20,22,30H,4,10,13H2,1-3H3,(H,25,29)/t16-,20+,22-/m1/s1. The number of carbonyl (C=O) groups excluding carboxylic acids is 2. The lowest BCUT2D eigenvalue weighted by atomic mass is 10.0. The third-order valence-corrected chi connectivity index (χ3v) is 7.92. The van der Waals surface area contributed by atoms with Crippen molar-refractivity contribution in [1.29, 1.82) is 0 Å². The van der Waals surface area contributed by atoms with Crippen LogP contribution in [0.3, 0.4) is 0 Å². The van der Waals surface area contributed by atoms with Gasteiger partial charge in [-0.2, -0.15) is 4.31 Å². The van der Waals surface area contributed by atoms with Gasteiger partial charge in [-0.3, -0.25) is 14.8 Å². The Kier molecular flexibility index (Phi) is 6.97.